The molecular formula is C21H23N5O2. The van der Waals surface area contributed by atoms with E-state index in [0.29, 0.717) is 13.1 Å². The molecule has 0 aliphatic heterocycles. The van der Waals surface area contributed by atoms with E-state index in [-0.39, 0.29) is 11.6 Å². The second kappa shape index (κ2) is 7.34. The van der Waals surface area contributed by atoms with Gasteiger partial charge in [0.05, 0.1) is 37.3 Å². The molecule has 0 atom stereocenters. The normalized spacial score (nSPS) is 11.4. The summed E-state index contributed by atoms with van der Waals surface area (Å²) in [6.07, 6.45) is 1.92. The molecule has 0 saturated carbocycles. The van der Waals surface area contributed by atoms with Gasteiger partial charge in [-0.3, -0.25) is 9.48 Å². The molecule has 0 saturated heterocycles. The summed E-state index contributed by atoms with van der Waals surface area (Å²) in [5.41, 5.74) is 2.86. The molecule has 0 fully saturated rings. The lowest BCUT2D eigenvalue weighted by molar-refractivity contribution is 0.414. The van der Waals surface area contributed by atoms with Crippen LogP contribution in [0.2, 0.25) is 0 Å². The van der Waals surface area contributed by atoms with Gasteiger partial charge in [0.25, 0.3) is 5.56 Å². The van der Waals surface area contributed by atoms with Crippen molar-refractivity contribution in [2.75, 3.05) is 7.11 Å². The Morgan fingerprint density at radius 3 is 2.50 bits per heavy atom. The van der Waals surface area contributed by atoms with Gasteiger partial charge in [0, 0.05) is 6.04 Å². The van der Waals surface area contributed by atoms with Crippen LogP contribution in [0.15, 0.2) is 59.5 Å². The van der Waals surface area contributed by atoms with Crippen LogP contribution in [0.1, 0.15) is 31.1 Å². The molecule has 0 amide bonds. The number of para-hydroxylation sites is 1. The molecule has 0 N–H and O–H groups in total. The van der Waals surface area contributed by atoms with Crippen molar-refractivity contribution in [2.24, 2.45) is 0 Å². The molecular weight excluding hydrogens is 354 g/mol. The van der Waals surface area contributed by atoms with Gasteiger partial charge in [-0.1, -0.05) is 29.5 Å². The van der Waals surface area contributed by atoms with Gasteiger partial charge in [0.1, 0.15) is 11.4 Å². The van der Waals surface area contributed by atoms with Crippen LogP contribution >= 0.6 is 0 Å². The van der Waals surface area contributed by atoms with E-state index in [2.05, 4.69) is 10.3 Å². The third kappa shape index (κ3) is 3.31. The van der Waals surface area contributed by atoms with Crippen molar-refractivity contribution in [3.63, 3.8) is 0 Å². The highest BCUT2D eigenvalue weighted by atomic mass is 16.5. The molecule has 2 aromatic carbocycles. The van der Waals surface area contributed by atoms with E-state index in [4.69, 9.17) is 4.74 Å². The summed E-state index contributed by atoms with van der Waals surface area (Å²) in [4.78, 5) is 12.8. The first-order chi connectivity index (χ1) is 13.6. The van der Waals surface area contributed by atoms with Crippen molar-refractivity contribution in [3.8, 4) is 5.75 Å². The van der Waals surface area contributed by atoms with Gasteiger partial charge in [-0.2, -0.15) is 0 Å². The molecule has 2 aromatic heterocycles. The van der Waals surface area contributed by atoms with Gasteiger partial charge < -0.3 is 4.74 Å². The average molecular weight is 377 g/mol. The second-order valence-corrected chi connectivity index (χ2v) is 7.07. The van der Waals surface area contributed by atoms with Crippen molar-refractivity contribution in [1.82, 2.24) is 24.4 Å². The predicted octanol–water partition coefficient (Wildman–Crippen LogP) is 3.08. The first-order valence-electron chi connectivity index (χ1n) is 9.29. The average Bonchev–Trinajstić information content (AvgIpc) is 3.25. The number of aromatic nitrogens is 5. The van der Waals surface area contributed by atoms with Crippen LogP contribution in [-0.2, 0) is 13.1 Å². The number of nitrogens with zero attached hydrogens (tertiary/aromatic N) is 5. The monoisotopic (exact) mass is 377 g/mol. The van der Waals surface area contributed by atoms with Gasteiger partial charge in [0.15, 0.2) is 0 Å². The fourth-order valence-electron chi connectivity index (χ4n) is 3.46. The highest BCUT2D eigenvalue weighted by molar-refractivity contribution is 5.78. The van der Waals surface area contributed by atoms with Crippen molar-refractivity contribution in [1.29, 1.82) is 0 Å². The number of fused-ring (bicyclic) bond motifs is 1. The van der Waals surface area contributed by atoms with Gasteiger partial charge in [-0.05, 0) is 43.7 Å². The first-order valence-corrected chi connectivity index (χ1v) is 9.29. The third-order valence-electron chi connectivity index (χ3n) is 4.77. The van der Waals surface area contributed by atoms with E-state index in [0.717, 1.165) is 27.9 Å². The van der Waals surface area contributed by atoms with Crippen molar-refractivity contribution < 1.29 is 4.74 Å². The minimum atomic E-state index is 0.0243. The standard InChI is InChI=1S/C21H23N5O2/c1-15(2)26-21(27)19-6-4-5-7-20(19)25(26)14-17-13-24(23-22-17)12-16-8-10-18(28-3)11-9-16/h4-11,13,15H,12,14H2,1-3H3. The summed E-state index contributed by atoms with van der Waals surface area (Å²) in [6, 6.07) is 15.6. The van der Waals surface area contributed by atoms with E-state index in [1.807, 2.05) is 73.3 Å². The van der Waals surface area contributed by atoms with Crippen molar-refractivity contribution >= 4 is 10.9 Å². The van der Waals surface area contributed by atoms with E-state index in [1.165, 1.54) is 0 Å². The Balaban J connectivity index is 1.62. The van der Waals surface area contributed by atoms with Gasteiger partial charge in [-0.15, -0.1) is 5.10 Å². The maximum absolute atomic E-state index is 12.8. The molecule has 4 rings (SSSR count). The minimum absolute atomic E-state index is 0.0243. The summed E-state index contributed by atoms with van der Waals surface area (Å²) in [5, 5.41) is 9.28. The Morgan fingerprint density at radius 1 is 1.04 bits per heavy atom. The molecule has 0 spiro atoms. The van der Waals surface area contributed by atoms with E-state index in [1.54, 1.807) is 16.5 Å². The SMILES string of the molecule is COc1ccc(Cn2cc(Cn3c4ccccc4c(=O)n3C(C)C)nn2)cc1. The number of benzene rings is 2. The first kappa shape index (κ1) is 18.0. The van der Waals surface area contributed by atoms with E-state index >= 15 is 0 Å². The lowest BCUT2D eigenvalue weighted by Crippen LogP contribution is -2.25. The number of rotatable bonds is 6. The quantitative estimate of drug-likeness (QED) is 0.518. The molecule has 144 valence electrons. The van der Waals surface area contributed by atoms with Crippen molar-refractivity contribution in [2.45, 2.75) is 33.0 Å². The minimum Gasteiger partial charge on any atom is -0.497 e. The lowest BCUT2D eigenvalue weighted by atomic mass is 10.2. The molecule has 2 heterocycles. The molecule has 0 aliphatic rings. The second-order valence-electron chi connectivity index (χ2n) is 7.07. The van der Waals surface area contributed by atoms with Crippen LogP contribution in [0, 0.1) is 0 Å². The number of ether oxygens (including phenoxy) is 1. The van der Waals surface area contributed by atoms with E-state index < -0.39 is 0 Å². The zero-order valence-corrected chi connectivity index (χ0v) is 16.2. The van der Waals surface area contributed by atoms with Crippen LogP contribution in [0.4, 0.5) is 0 Å². The maximum atomic E-state index is 12.8. The summed E-state index contributed by atoms with van der Waals surface area (Å²) in [5.74, 6) is 0.828. The summed E-state index contributed by atoms with van der Waals surface area (Å²) < 4.78 is 10.8. The Labute approximate surface area is 162 Å². The Morgan fingerprint density at radius 2 is 1.79 bits per heavy atom. The lowest BCUT2D eigenvalue weighted by Gasteiger charge is -2.14. The summed E-state index contributed by atoms with van der Waals surface area (Å²) in [6.45, 7) is 5.14. The summed E-state index contributed by atoms with van der Waals surface area (Å²) in [7, 11) is 1.65. The van der Waals surface area contributed by atoms with Gasteiger partial charge in [-0.25, -0.2) is 9.36 Å². The van der Waals surface area contributed by atoms with Crippen LogP contribution in [0.3, 0.4) is 0 Å². The summed E-state index contributed by atoms with van der Waals surface area (Å²) >= 11 is 0. The number of methoxy groups -OCH3 is 1. The highest BCUT2D eigenvalue weighted by Gasteiger charge is 2.16. The predicted molar refractivity (Wildman–Crippen MR) is 108 cm³/mol. The third-order valence-corrected chi connectivity index (χ3v) is 4.77. The fraction of sp³-hybridized carbons (Fsp3) is 0.286. The molecule has 7 heteroatoms. The van der Waals surface area contributed by atoms with Crippen LogP contribution in [-0.4, -0.2) is 31.5 Å². The number of hydrogen-bond donors (Lipinski definition) is 0. The molecule has 0 bridgehead atoms. The van der Waals surface area contributed by atoms with Crippen LogP contribution in [0.25, 0.3) is 10.9 Å². The van der Waals surface area contributed by atoms with Gasteiger partial charge in [0.2, 0.25) is 0 Å². The van der Waals surface area contributed by atoms with Gasteiger partial charge >= 0.3 is 0 Å². The molecule has 0 radical (unpaired) electrons. The smallest absolute Gasteiger partial charge is 0.274 e. The van der Waals surface area contributed by atoms with Crippen LogP contribution < -0.4 is 10.3 Å². The Kier molecular flexibility index (Phi) is 4.73. The zero-order chi connectivity index (χ0) is 19.7. The molecule has 7 nitrogen and oxygen atoms in total. The molecule has 28 heavy (non-hydrogen) atoms. The molecule has 0 unspecified atom stereocenters. The Bertz CT molecular complexity index is 1150. The van der Waals surface area contributed by atoms with E-state index in [9.17, 15) is 4.79 Å². The highest BCUT2D eigenvalue weighted by Crippen LogP contribution is 2.16. The molecule has 0 aliphatic carbocycles. The zero-order valence-electron chi connectivity index (χ0n) is 16.2. The Hall–Kier alpha value is -3.35. The van der Waals surface area contributed by atoms with Crippen LogP contribution in [0.5, 0.6) is 5.75 Å². The topological polar surface area (TPSA) is 66.9 Å². The number of hydrogen-bond acceptors (Lipinski definition) is 4. The molecule has 4 aromatic rings. The largest absolute Gasteiger partial charge is 0.497 e. The maximum Gasteiger partial charge on any atom is 0.274 e. The van der Waals surface area contributed by atoms with Crippen molar-refractivity contribution in [3.05, 3.63) is 76.3 Å². The fourth-order valence-corrected chi connectivity index (χ4v) is 3.46.